The Morgan fingerprint density at radius 1 is 1.10 bits per heavy atom. The Morgan fingerprint density at radius 3 is 2.38 bits per heavy atom. The third kappa shape index (κ3) is 2.04. The lowest BCUT2D eigenvalue weighted by molar-refractivity contribution is -0.117. The largest absolute Gasteiger partial charge is 0.336 e. The molecule has 0 unspecified atom stereocenters. The highest BCUT2D eigenvalue weighted by Gasteiger charge is 2.42. The molecule has 0 saturated carbocycles. The van der Waals surface area contributed by atoms with Gasteiger partial charge in [-0.2, -0.15) is 0 Å². The first-order valence-corrected chi connectivity index (χ1v) is 6.26. The molecule has 1 spiro atoms. The number of ketones is 1. The first-order valence-electron chi connectivity index (χ1n) is 6.26. The normalized spacial score (nSPS) is 18.9. The Hall–Kier alpha value is -3.11. The third-order valence-electron chi connectivity index (χ3n) is 3.41. The lowest BCUT2D eigenvalue weighted by atomic mass is 9.83. The van der Waals surface area contributed by atoms with Crippen molar-refractivity contribution >= 4 is 17.3 Å². The summed E-state index contributed by atoms with van der Waals surface area (Å²) in [5.74, 6) is -0.616. The van der Waals surface area contributed by atoms with Crippen LogP contribution in [0, 0.1) is 0 Å². The van der Waals surface area contributed by atoms with Gasteiger partial charge in [0.05, 0.1) is 0 Å². The molecule has 1 heterocycles. The van der Waals surface area contributed by atoms with Crippen molar-refractivity contribution in [1.29, 1.82) is 0 Å². The highest BCUT2D eigenvalue weighted by atomic mass is 16.2. The van der Waals surface area contributed by atoms with Gasteiger partial charge in [-0.25, -0.2) is 0 Å². The van der Waals surface area contributed by atoms with E-state index in [4.69, 9.17) is 5.53 Å². The summed E-state index contributed by atoms with van der Waals surface area (Å²) < 4.78 is 0. The summed E-state index contributed by atoms with van der Waals surface area (Å²) in [6, 6.07) is 9.15. The molecule has 1 N–H and O–H groups in total. The number of rotatable bonds is 2. The van der Waals surface area contributed by atoms with Crippen LogP contribution in [0.4, 0.5) is 0 Å². The number of carbonyl (C=O) groups excluding carboxylic acids is 2. The van der Waals surface area contributed by atoms with Crippen LogP contribution in [0.3, 0.4) is 0 Å². The van der Waals surface area contributed by atoms with E-state index in [1.165, 1.54) is 12.2 Å². The number of nitrogens with one attached hydrogen (secondary N) is 1. The molecule has 21 heavy (non-hydrogen) atoms. The summed E-state index contributed by atoms with van der Waals surface area (Å²) in [5, 5.41) is 6.30. The van der Waals surface area contributed by atoms with E-state index in [1.807, 2.05) is 30.3 Å². The molecule has 6 nitrogen and oxygen atoms in total. The van der Waals surface area contributed by atoms with E-state index in [2.05, 4.69) is 15.3 Å². The van der Waals surface area contributed by atoms with Gasteiger partial charge in [-0.15, -0.1) is 0 Å². The molecule has 1 amide bonds. The molecule has 3 rings (SSSR count). The molecule has 102 valence electrons. The fourth-order valence-corrected chi connectivity index (χ4v) is 2.53. The summed E-state index contributed by atoms with van der Waals surface area (Å²) in [4.78, 5) is 26.2. The molecule has 1 aliphatic heterocycles. The summed E-state index contributed by atoms with van der Waals surface area (Å²) in [6.07, 6.45) is 6.00. The van der Waals surface area contributed by atoms with Gasteiger partial charge in [0, 0.05) is 10.5 Å². The van der Waals surface area contributed by atoms with Gasteiger partial charge in [0.25, 0.3) is 5.91 Å². The summed E-state index contributed by atoms with van der Waals surface area (Å²) >= 11 is 0. The van der Waals surface area contributed by atoms with Gasteiger partial charge in [0.15, 0.2) is 5.78 Å². The van der Waals surface area contributed by atoms with E-state index in [0.717, 1.165) is 5.56 Å². The van der Waals surface area contributed by atoms with Crippen molar-refractivity contribution in [1.82, 2.24) is 5.32 Å². The van der Waals surface area contributed by atoms with Crippen LogP contribution in [-0.2, 0) is 9.59 Å². The molecule has 0 atom stereocenters. The molecule has 0 fully saturated rings. The minimum Gasteiger partial charge on any atom is -0.336 e. The van der Waals surface area contributed by atoms with E-state index >= 15 is 0 Å². The lowest BCUT2D eigenvalue weighted by Gasteiger charge is -2.27. The average molecular weight is 278 g/mol. The Balaban J connectivity index is 2.26. The van der Waals surface area contributed by atoms with Gasteiger partial charge >= 0.3 is 0 Å². The van der Waals surface area contributed by atoms with Gasteiger partial charge in [0.2, 0.25) is 0 Å². The first-order chi connectivity index (χ1) is 10.2. The number of benzene rings is 1. The molecule has 0 saturated heterocycles. The van der Waals surface area contributed by atoms with Crippen LogP contribution >= 0.6 is 0 Å². The van der Waals surface area contributed by atoms with Crippen LogP contribution in [0.25, 0.3) is 16.0 Å². The fourth-order valence-electron chi connectivity index (χ4n) is 2.53. The summed E-state index contributed by atoms with van der Waals surface area (Å²) in [6.45, 7) is 0. The Bertz CT molecular complexity index is 752. The topological polar surface area (TPSA) is 94.9 Å². The number of allylic oxidation sites excluding steroid dienone is 2. The van der Waals surface area contributed by atoms with Gasteiger partial charge in [-0.1, -0.05) is 35.4 Å². The highest BCUT2D eigenvalue weighted by molar-refractivity contribution is 6.12. The summed E-state index contributed by atoms with van der Waals surface area (Å²) in [7, 11) is 0. The molecule has 0 aromatic heterocycles. The van der Waals surface area contributed by atoms with Crippen molar-refractivity contribution in [3.8, 4) is 0 Å². The van der Waals surface area contributed by atoms with Crippen molar-refractivity contribution < 1.29 is 9.59 Å². The van der Waals surface area contributed by atoms with Crippen molar-refractivity contribution in [3.63, 3.8) is 0 Å². The maximum Gasteiger partial charge on any atom is 0.255 e. The molecule has 6 heteroatoms. The van der Waals surface area contributed by atoms with Crippen molar-refractivity contribution in [2.75, 3.05) is 0 Å². The van der Waals surface area contributed by atoms with E-state index in [9.17, 15) is 9.59 Å². The van der Waals surface area contributed by atoms with Gasteiger partial charge in [0.1, 0.15) is 11.2 Å². The minimum atomic E-state index is -0.949. The Labute approximate surface area is 120 Å². The Morgan fingerprint density at radius 2 is 1.76 bits per heavy atom. The van der Waals surface area contributed by atoms with Crippen molar-refractivity contribution in [2.24, 2.45) is 5.11 Å². The highest BCUT2D eigenvalue weighted by Crippen LogP contribution is 2.39. The van der Waals surface area contributed by atoms with Gasteiger partial charge < -0.3 is 5.32 Å². The predicted octanol–water partition coefficient (Wildman–Crippen LogP) is 2.27. The molecular formula is C15H10N4O2. The zero-order valence-corrected chi connectivity index (χ0v) is 10.9. The van der Waals surface area contributed by atoms with Gasteiger partial charge in [-0.3, -0.25) is 9.59 Å². The van der Waals surface area contributed by atoms with Crippen molar-refractivity contribution in [3.05, 3.63) is 76.3 Å². The molecule has 0 bridgehead atoms. The average Bonchev–Trinajstić information content (AvgIpc) is 2.76. The maximum atomic E-state index is 12.1. The lowest BCUT2D eigenvalue weighted by Crippen LogP contribution is -2.41. The second-order valence-corrected chi connectivity index (χ2v) is 4.67. The van der Waals surface area contributed by atoms with Crippen LogP contribution < -0.4 is 5.32 Å². The van der Waals surface area contributed by atoms with Crippen LogP contribution in [0.1, 0.15) is 5.56 Å². The SMILES string of the molecule is [N-]=[N+]=NC1=C(c2ccccc2)C2(C=CC(=O)C=C2)NC1=O. The van der Waals surface area contributed by atoms with Gasteiger partial charge in [-0.05, 0) is 35.4 Å². The molecule has 1 aliphatic carbocycles. The second kappa shape index (κ2) is 4.77. The van der Waals surface area contributed by atoms with Crippen LogP contribution in [0.5, 0.6) is 0 Å². The summed E-state index contributed by atoms with van der Waals surface area (Å²) in [5.41, 5.74) is 9.06. The number of hydrogen-bond donors (Lipinski definition) is 1. The van der Waals surface area contributed by atoms with Crippen molar-refractivity contribution in [2.45, 2.75) is 5.54 Å². The molecular weight excluding hydrogens is 268 g/mol. The number of azide groups is 1. The maximum absolute atomic E-state index is 12.1. The smallest absolute Gasteiger partial charge is 0.255 e. The monoisotopic (exact) mass is 278 g/mol. The van der Waals surface area contributed by atoms with E-state index in [1.54, 1.807) is 12.2 Å². The molecule has 1 aromatic carbocycles. The second-order valence-electron chi connectivity index (χ2n) is 4.67. The molecule has 1 aromatic rings. The zero-order valence-electron chi connectivity index (χ0n) is 10.9. The number of carbonyl (C=O) groups is 2. The Kier molecular flexibility index (Phi) is 2.93. The standard InChI is InChI=1S/C15H10N4O2/c16-19-18-13-12(10-4-2-1-3-5-10)15(17-14(13)21)8-6-11(20)7-9-15/h1-9H,(H,17,21). The number of nitrogens with zero attached hydrogens (tertiary/aromatic N) is 3. The quantitative estimate of drug-likeness (QED) is 0.510. The van der Waals surface area contributed by atoms with E-state index in [-0.39, 0.29) is 11.5 Å². The zero-order chi connectivity index (χ0) is 14.9. The third-order valence-corrected chi connectivity index (χ3v) is 3.41. The molecule has 0 radical (unpaired) electrons. The van der Waals surface area contributed by atoms with E-state index < -0.39 is 11.4 Å². The predicted molar refractivity (Wildman–Crippen MR) is 76.7 cm³/mol. The van der Waals surface area contributed by atoms with Crippen LogP contribution in [0.2, 0.25) is 0 Å². The number of amides is 1. The fraction of sp³-hybridized carbons (Fsp3) is 0.0667. The minimum absolute atomic E-state index is 0.0207. The van der Waals surface area contributed by atoms with E-state index in [0.29, 0.717) is 5.57 Å². The van der Waals surface area contributed by atoms with Crippen LogP contribution in [0.15, 0.2) is 65.4 Å². The van der Waals surface area contributed by atoms with Crippen LogP contribution in [-0.4, -0.2) is 17.2 Å². The molecule has 2 aliphatic rings. The number of hydrogen-bond acceptors (Lipinski definition) is 3. The first kappa shape index (κ1) is 12.9.